The van der Waals surface area contributed by atoms with Gasteiger partial charge in [0.2, 0.25) is 11.8 Å². The number of carboxylic acid groups (broad SMARTS) is 3. The van der Waals surface area contributed by atoms with Crippen LogP contribution in [-0.2, 0) is 38.0 Å². The van der Waals surface area contributed by atoms with E-state index in [2.05, 4.69) is 83.8 Å². The predicted molar refractivity (Wildman–Crippen MR) is 463 cm³/mol. The highest BCUT2D eigenvalue weighted by Crippen LogP contribution is 2.32. The zero-order chi connectivity index (χ0) is 91.7. The minimum Gasteiger partial charge on any atom is -0.478 e. The number of carbonyl (C=O) groups is 12. The molecule has 690 valence electrons. The smallest absolute Gasteiger partial charge is 0.410 e. The van der Waals surface area contributed by atoms with Crippen molar-refractivity contribution in [2.75, 3.05) is 134 Å². The number of aldehydes is 1. The van der Waals surface area contributed by atoms with Crippen molar-refractivity contribution in [2.24, 2.45) is 5.73 Å². The van der Waals surface area contributed by atoms with Crippen LogP contribution < -0.4 is 31.1 Å². The SMILES string of the molecule is C.C.CC(C)(C)OC(=O)N1CCN(c2cc(F)c(C(=O)O)c(Br)c2)CC1.CC(C)(C)OC(=O)N1CCN(c2cc(F)c(C(=O)O)c(C=O)c2)CC1.CC(C)(C)OC(=O)N1CCNCC1.COC(=O)c1c(F)cc(F)cc1Br.COC(=O)c1c(F)cc(N2CCN(C(=O)OC(C)(C)C)CC2)cc1Br.Cl.NC1CCC(=O)NC1=O.O=C(O)c1c(F)cc(F)cc1Br. The first-order chi connectivity index (χ1) is 56.1. The van der Waals surface area contributed by atoms with Crippen molar-refractivity contribution in [2.45, 2.75) is 139 Å². The van der Waals surface area contributed by atoms with Crippen molar-refractivity contribution in [3.8, 4) is 0 Å². The number of methoxy groups -OCH3 is 2. The number of esters is 2. The van der Waals surface area contributed by atoms with Crippen LogP contribution >= 0.6 is 76.1 Å². The maximum absolute atomic E-state index is 14.3. The number of carboxylic acids is 3. The molecule has 5 saturated heterocycles. The third-order valence-electron chi connectivity index (χ3n) is 16.7. The molecule has 10 rings (SSSR count). The van der Waals surface area contributed by atoms with E-state index in [4.69, 9.17) is 40.0 Å². The van der Waals surface area contributed by atoms with Crippen LogP contribution in [0.1, 0.15) is 173 Å². The fraction of sp³-hybridized carbons (Fsp3) is 0.481. The molecule has 124 heavy (non-hydrogen) atoms. The molecule has 0 aromatic heterocycles. The van der Waals surface area contributed by atoms with Gasteiger partial charge in [-0.2, -0.15) is 0 Å². The molecule has 0 bridgehead atoms. The predicted octanol–water partition coefficient (Wildman–Crippen LogP) is 15.4. The maximum atomic E-state index is 14.3. The van der Waals surface area contributed by atoms with E-state index in [0.29, 0.717) is 131 Å². The second-order valence-electron chi connectivity index (χ2n) is 30.6. The second-order valence-corrected chi connectivity index (χ2v) is 34.0. The summed E-state index contributed by atoms with van der Waals surface area (Å²) in [6.45, 7) is 30.7. The summed E-state index contributed by atoms with van der Waals surface area (Å²) in [5, 5.41) is 31.7. The number of piperidine rings is 1. The summed E-state index contributed by atoms with van der Waals surface area (Å²) in [4.78, 5) is 147. The number of piperazine rings is 4. The van der Waals surface area contributed by atoms with Gasteiger partial charge in [0.1, 0.15) is 90.9 Å². The Morgan fingerprint density at radius 3 is 0.944 bits per heavy atom. The Balaban J connectivity index is 0.000000741. The zero-order valence-electron chi connectivity index (χ0n) is 69.1. The largest absolute Gasteiger partial charge is 0.478 e. The minimum absolute atomic E-state index is 0. The highest BCUT2D eigenvalue weighted by Gasteiger charge is 2.33. The lowest BCUT2D eigenvalue weighted by Gasteiger charge is -2.36. The van der Waals surface area contributed by atoms with Gasteiger partial charge in [-0.05, 0) is 202 Å². The van der Waals surface area contributed by atoms with E-state index in [1.54, 1.807) is 57.4 Å². The van der Waals surface area contributed by atoms with Gasteiger partial charge in [0.25, 0.3) is 0 Å². The van der Waals surface area contributed by atoms with Crippen LogP contribution in [-0.4, -0.2) is 255 Å². The molecule has 0 spiro atoms. The normalized spacial score (nSPS) is 15.0. The van der Waals surface area contributed by atoms with Crippen molar-refractivity contribution in [1.29, 1.82) is 0 Å². The third-order valence-corrected chi connectivity index (χ3v) is 19.2. The molecule has 0 radical (unpaired) electrons. The van der Waals surface area contributed by atoms with Crippen LogP contribution in [0.3, 0.4) is 0 Å². The lowest BCUT2D eigenvalue weighted by atomic mass is 10.1. The molecule has 5 heterocycles. The lowest BCUT2D eigenvalue weighted by molar-refractivity contribution is -0.134. The highest BCUT2D eigenvalue weighted by molar-refractivity contribution is 9.11. The molecule has 5 aromatic carbocycles. The molecule has 5 aromatic rings. The summed E-state index contributed by atoms with van der Waals surface area (Å²) >= 11 is 11.9. The number of aromatic carboxylic acids is 3. The van der Waals surface area contributed by atoms with Crippen molar-refractivity contribution in [3.05, 3.63) is 153 Å². The number of nitrogens with zero attached hydrogens (tertiary/aromatic N) is 7. The van der Waals surface area contributed by atoms with E-state index in [1.165, 1.54) is 25.3 Å². The molecule has 1 atom stereocenters. The Bertz CT molecular complexity index is 4480. The Kier molecular flexibility index (Phi) is 45.8. The quantitative estimate of drug-likeness (QED) is 0.0262. The first-order valence-corrected chi connectivity index (χ1v) is 40.2. The monoisotopic (exact) mass is 2040 g/mol. The summed E-state index contributed by atoms with van der Waals surface area (Å²) in [5.74, 6) is -12.4. The Labute approximate surface area is 754 Å². The molecule has 7 N–H and O–H groups in total. The van der Waals surface area contributed by atoms with E-state index >= 15 is 0 Å². The van der Waals surface area contributed by atoms with Gasteiger partial charge in [0.15, 0.2) is 6.29 Å². The molecule has 1 unspecified atom stereocenters. The minimum atomic E-state index is -1.49. The number of imide groups is 1. The number of ether oxygens (including phenoxy) is 6. The van der Waals surface area contributed by atoms with Gasteiger partial charge in [-0.15, -0.1) is 12.4 Å². The standard InChI is InChI=1S/C17H22BrFN2O4.C17H21FN2O5.C16H20BrFN2O4.C9H18N2O2.C8H5BrF2O2.C7H3BrF2O2.C5H8N2O2.2CH4.ClH/c1-17(2,3)25-16(23)21-7-5-20(6-8-21)11-9-12(18)14(13(19)10-11)15(22)24-4;1-17(2,3)25-16(24)20-6-4-19(5-7-20)12-8-11(10-21)14(15(22)23)13(18)9-12;1-16(2,3)24-15(23)20-6-4-19(5-7-20)10-8-11(17)13(14(21)22)12(18)9-10;1-9(2,3)13-8(12)11-6-4-10-5-7-11;1-13-8(12)7-5(9)2-4(10)3-6(7)11;8-4-1-3(9)2-5(10)6(4)7(11)12;6-3-1-2-4(8)7-5(3)9;;;/h9-10H,5-8H2,1-4H3;8-10H,4-7H2,1-3H3,(H,22,23);8-9H,4-7H2,1-3H3,(H,21,22);10H,4-7H2,1-3H3;2-3H,1H3;1-2H,(H,11,12);3H,1-2,6H2,(H,7,8,9);2*1H4;1H. The Morgan fingerprint density at radius 1 is 0.419 bits per heavy atom. The number of halogens is 12. The van der Waals surface area contributed by atoms with Gasteiger partial charge >= 0.3 is 54.2 Å². The highest BCUT2D eigenvalue weighted by atomic mass is 79.9. The molecular weight excluding hydrogens is 1940 g/mol. The first-order valence-electron chi connectivity index (χ1n) is 37.0. The van der Waals surface area contributed by atoms with Gasteiger partial charge in [0.05, 0.1) is 20.3 Å². The van der Waals surface area contributed by atoms with E-state index in [0.717, 1.165) is 51.5 Å². The number of nitrogens with one attached hydrogen (secondary N) is 2. The number of anilines is 3. The zero-order valence-corrected chi connectivity index (χ0v) is 76.3. The van der Waals surface area contributed by atoms with Gasteiger partial charge in [-0.25, -0.2) is 73.9 Å². The number of nitrogens with two attached hydrogens (primary N) is 1. The summed E-state index contributed by atoms with van der Waals surface area (Å²) in [5.41, 5.74) is 2.64. The van der Waals surface area contributed by atoms with E-state index in [9.17, 15) is 88.3 Å². The van der Waals surface area contributed by atoms with Crippen LogP contribution in [0, 0.1) is 40.7 Å². The van der Waals surface area contributed by atoms with Crippen molar-refractivity contribution < 1.29 is 132 Å². The van der Waals surface area contributed by atoms with E-state index < -0.39 is 111 Å². The number of carbonyl (C=O) groups excluding carboxylic acids is 9. The topological polar surface area (TPSA) is 394 Å². The fourth-order valence-electron chi connectivity index (χ4n) is 11.0. The molecule has 0 aliphatic carbocycles. The van der Waals surface area contributed by atoms with E-state index in [1.807, 2.05) is 72.1 Å². The molecule has 5 aliphatic heterocycles. The summed E-state index contributed by atoms with van der Waals surface area (Å²) in [7, 11) is 2.33. The number of benzene rings is 5. The molecule has 5 aliphatic rings. The average Bonchev–Trinajstić information content (AvgIpc) is 0.809. The lowest BCUT2D eigenvalue weighted by Crippen LogP contribution is -2.50. The molecule has 6 amide bonds. The van der Waals surface area contributed by atoms with Crippen LogP contribution in [0.5, 0.6) is 0 Å². The molecular formula is C81H106Br4ClF7N10O21. The van der Waals surface area contributed by atoms with Crippen LogP contribution in [0.4, 0.5) is 67.0 Å². The third kappa shape index (κ3) is 36.5. The molecule has 5 fully saturated rings. The van der Waals surface area contributed by atoms with Gasteiger partial charge < -0.3 is 89.1 Å². The first kappa shape index (κ1) is 112. The van der Waals surface area contributed by atoms with Crippen LogP contribution in [0.25, 0.3) is 0 Å². The number of hydrogen-bond acceptors (Lipinski definition) is 23. The van der Waals surface area contributed by atoms with Gasteiger partial charge in [-0.3, -0.25) is 19.7 Å². The van der Waals surface area contributed by atoms with E-state index in [-0.39, 0.29) is 98.6 Å². The Hall–Kier alpha value is -9.62. The average molecular weight is 2040 g/mol. The van der Waals surface area contributed by atoms with Crippen LogP contribution in [0.15, 0.2) is 78.6 Å². The Morgan fingerprint density at radius 2 is 0.685 bits per heavy atom. The maximum Gasteiger partial charge on any atom is 0.410 e. The summed E-state index contributed by atoms with van der Waals surface area (Å²) < 4.78 is 124. The van der Waals surface area contributed by atoms with Crippen LogP contribution in [0.2, 0.25) is 0 Å². The molecule has 31 nitrogen and oxygen atoms in total. The van der Waals surface area contributed by atoms with Gasteiger partial charge in [-0.1, -0.05) is 14.9 Å². The van der Waals surface area contributed by atoms with Crippen molar-refractivity contribution in [1.82, 2.24) is 30.2 Å². The second kappa shape index (κ2) is 50.5. The van der Waals surface area contributed by atoms with Crippen molar-refractivity contribution >= 4 is 166 Å². The summed E-state index contributed by atoms with van der Waals surface area (Å²) in [6.07, 6.45) is -0.150. The molecule has 43 heteroatoms. The number of rotatable bonds is 9. The van der Waals surface area contributed by atoms with Gasteiger partial charge in [0, 0.05) is 164 Å². The number of hydrogen-bond donors (Lipinski definition) is 6. The molecule has 0 saturated carbocycles. The number of amides is 6. The summed E-state index contributed by atoms with van der Waals surface area (Å²) in [6, 6.07) is 10.8. The van der Waals surface area contributed by atoms with Crippen molar-refractivity contribution in [3.63, 3.8) is 0 Å². The fourth-order valence-corrected chi connectivity index (χ4v) is 13.3.